The van der Waals surface area contributed by atoms with Gasteiger partial charge in [0.1, 0.15) is 5.75 Å². The number of ether oxygens (including phenoxy) is 1. The molecule has 0 aliphatic heterocycles. The topological polar surface area (TPSA) is 59.4 Å². The molecule has 0 saturated carbocycles. The third-order valence-corrected chi connectivity index (χ3v) is 4.87. The number of nitrogens with zero attached hydrogens (tertiary/aromatic N) is 1. The smallest absolute Gasteiger partial charge is 0.336 e. The largest absolute Gasteiger partial charge is 0.493 e. The van der Waals surface area contributed by atoms with Crippen LogP contribution in [-0.2, 0) is 0 Å². The van der Waals surface area contributed by atoms with E-state index in [2.05, 4.69) is 0 Å². The Morgan fingerprint density at radius 1 is 0.966 bits per heavy atom. The second-order valence-corrected chi connectivity index (χ2v) is 6.89. The van der Waals surface area contributed by atoms with E-state index in [4.69, 9.17) is 9.72 Å². The van der Waals surface area contributed by atoms with Crippen LogP contribution in [0, 0.1) is 6.92 Å². The van der Waals surface area contributed by atoms with Crippen LogP contribution < -0.4 is 4.74 Å². The van der Waals surface area contributed by atoms with Crippen molar-refractivity contribution in [1.82, 2.24) is 4.98 Å². The molecule has 0 spiro atoms. The van der Waals surface area contributed by atoms with E-state index in [-0.39, 0.29) is 5.56 Å². The van der Waals surface area contributed by atoms with Crippen LogP contribution in [0.4, 0.5) is 0 Å². The van der Waals surface area contributed by atoms with Crippen molar-refractivity contribution >= 4 is 16.9 Å². The molecule has 0 amide bonds. The summed E-state index contributed by atoms with van der Waals surface area (Å²) >= 11 is 0. The first-order valence-corrected chi connectivity index (χ1v) is 9.54. The van der Waals surface area contributed by atoms with Crippen molar-refractivity contribution in [2.75, 3.05) is 6.61 Å². The lowest BCUT2D eigenvalue weighted by atomic mass is 9.99. The van der Waals surface area contributed by atoms with Gasteiger partial charge in [0.25, 0.3) is 0 Å². The molecule has 4 nitrogen and oxygen atoms in total. The monoisotopic (exact) mass is 383 g/mol. The molecule has 3 aromatic carbocycles. The second kappa shape index (κ2) is 7.76. The van der Waals surface area contributed by atoms with Gasteiger partial charge >= 0.3 is 5.97 Å². The lowest BCUT2D eigenvalue weighted by Gasteiger charge is -2.11. The van der Waals surface area contributed by atoms with Crippen molar-refractivity contribution in [3.05, 3.63) is 83.9 Å². The molecule has 0 aliphatic carbocycles. The first-order valence-electron chi connectivity index (χ1n) is 9.54. The average molecular weight is 383 g/mol. The SMILES string of the molecule is CCOc1ccccc1-c1ccc(-c2cc(C(=O)O)c3cc(C)ccc3n2)cc1. The Morgan fingerprint density at radius 3 is 2.41 bits per heavy atom. The highest BCUT2D eigenvalue weighted by Gasteiger charge is 2.14. The quantitative estimate of drug-likeness (QED) is 0.461. The molecule has 0 aliphatic rings. The van der Waals surface area contributed by atoms with Gasteiger partial charge in [-0.05, 0) is 43.7 Å². The predicted molar refractivity (Wildman–Crippen MR) is 115 cm³/mol. The molecule has 0 fully saturated rings. The fraction of sp³-hybridized carbons (Fsp3) is 0.120. The minimum Gasteiger partial charge on any atom is -0.493 e. The summed E-state index contributed by atoms with van der Waals surface area (Å²) in [5.74, 6) is -0.110. The van der Waals surface area contributed by atoms with E-state index >= 15 is 0 Å². The number of benzene rings is 3. The Bertz CT molecular complexity index is 1200. The van der Waals surface area contributed by atoms with Gasteiger partial charge < -0.3 is 9.84 Å². The van der Waals surface area contributed by atoms with Crippen molar-refractivity contribution in [2.45, 2.75) is 13.8 Å². The number of aromatic nitrogens is 1. The Morgan fingerprint density at radius 2 is 1.69 bits per heavy atom. The normalized spacial score (nSPS) is 10.8. The second-order valence-electron chi connectivity index (χ2n) is 6.89. The number of rotatable bonds is 5. The van der Waals surface area contributed by atoms with Gasteiger partial charge in [0.05, 0.1) is 23.4 Å². The number of aryl methyl sites for hydroxylation is 1. The molecule has 29 heavy (non-hydrogen) atoms. The maximum absolute atomic E-state index is 11.8. The number of aromatic carboxylic acids is 1. The van der Waals surface area contributed by atoms with Gasteiger partial charge in [0, 0.05) is 16.5 Å². The van der Waals surface area contributed by atoms with Crippen LogP contribution in [-0.4, -0.2) is 22.7 Å². The highest BCUT2D eigenvalue weighted by molar-refractivity contribution is 6.04. The number of para-hydroxylation sites is 1. The maximum atomic E-state index is 11.8. The van der Waals surface area contributed by atoms with E-state index in [0.29, 0.717) is 23.2 Å². The van der Waals surface area contributed by atoms with Crippen LogP contribution in [0.2, 0.25) is 0 Å². The molecule has 0 saturated heterocycles. The van der Waals surface area contributed by atoms with Gasteiger partial charge in [-0.25, -0.2) is 9.78 Å². The third-order valence-electron chi connectivity index (χ3n) is 4.87. The van der Waals surface area contributed by atoms with Gasteiger partial charge in [-0.3, -0.25) is 0 Å². The van der Waals surface area contributed by atoms with E-state index in [1.54, 1.807) is 6.07 Å². The summed E-state index contributed by atoms with van der Waals surface area (Å²) in [6.07, 6.45) is 0. The Labute approximate surface area is 169 Å². The van der Waals surface area contributed by atoms with Crippen molar-refractivity contribution < 1.29 is 14.6 Å². The number of pyridine rings is 1. The molecule has 0 radical (unpaired) electrons. The number of carboxylic acid groups (broad SMARTS) is 1. The molecule has 144 valence electrons. The van der Waals surface area contributed by atoms with Gasteiger partial charge in [-0.1, -0.05) is 54.1 Å². The zero-order chi connectivity index (χ0) is 20.4. The Balaban J connectivity index is 1.78. The molecule has 4 heteroatoms. The van der Waals surface area contributed by atoms with Crippen LogP contribution in [0.3, 0.4) is 0 Å². The molecular formula is C25H21NO3. The molecule has 4 rings (SSSR count). The maximum Gasteiger partial charge on any atom is 0.336 e. The van der Waals surface area contributed by atoms with Gasteiger partial charge in [-0.15, -0.1) is 0 Å². The summed E-state index contributed by atoms with van der Waals surface area (Å²) in [6, 6.07) is 23.2. The number of hydrogen-bond acceptors (Lipinski definition) is 3. The lowest BCUT2D eigenvalue weighted by Crippen LogP contribution is -2.00. The van der Waals surface area contributed by atoms with Crippen LogP contribution in [0.1, 0.15) is 22.8 Å². The van der Waals surface area contributed by atoms with Crippen LogP contribution in [0.15, 0.2) is 72.8 Å². The molecular weight excluding hydrogens is 362 g/mol. The molecule has 4 aromatic rings. The van der Waals surface area contributed by atoms with E-state index in [9.17, 15) is 9.90 Å². The third kappa shape index (κ3) is 3.69. The first-order chi connectivity index (χ1) is 14.1. The van der Waals surface area contributed by atoms with Crippen LogP contribution >= 0.6 is 0 Å². The summed E-state index contributed by atoms with van der Waals surface area (Å²) in [6.45, 7) is 4.51. The standard InChI is InChI=1S/C25H21NO3/c1-3-29-24-7-5-4-6-19(24)17-9-11-18(12-10-17)23-15-21(25(27)28)20-14-16(2)8-13-22(20)26-23/h4-15H,3H2,1-2H3,(H,27,28). The number of fused-ring (bicyclic) bond motifs is 1. The van der Waals surface area contributed by atoms with E-state index in [1.165, 1.54) is 0 Å². The molecule has 1 heterocycles. The average Bonchev–Trinajstić information content (AvgIpc) is 2.74. The molecule has 0 bridgehead atoms. The molecule has 0 atom stereocenters. The van der Waals surface area contributed by atoms with E-state index in [1.807, 2.05) is 80.6 Å². The summed E-state index contributed by atoms with van der Waals surface area (Å²) in [7, 11) is 0. The minimum atomic E-state index is -0.952. The van der Waals surface area contributed by atoms with Crippen LogP contribution in [0.25, 0.3) is 33.3 Å². The summed E-state index contributed by atoms with van der Waals surface area (Å²) in [5, 5.41) is 10.3. The van der Waals surface area contributed by atoms with E-state index < -0.39 is 5.97 Å². The first kappa shape index (κ1) is 18.7. The fourth-order valence-corrected chi connectivity index (χ4v) is 3.47. The van der Waals surface area contributed by atoms with Crippen molar-refractivity contribution in [2.24, 2.45) is 0 Å². The van der Waals surface area contributed by atoms with Crippen LogP contribution in [0.5, 0.6) is 5.75 Å². The number of hydrogen-bond donors (Lipinski definition) is 1. The zero-order valence-corrected chi connectivity index (χ0v) is 16.3. The molecule has 1 aromatic heterocycles. The Hall–Kier alpha value is -3.66. The van der Waals surface area contributed by atoms with Crippen molar-refractivity contribution in [3.8, 4) is 28.1 Å². The highest BCUT2D eigenvalue weighted by atomic mass is 16.5. The predicted octanol–water partition coefficient (Wildman–Crippen LogP) is 5.97. The van der Waals surface area contributed by atoms with Crippen molar-refractivity contribution in [1.29, 1.82) is 0 Å². The fourth-order valence-electron chi connectivity index (χ4n) is 3.47. The summed E-state index contributed by atoms with van der Waals surface area (Å²) < 4.78 is 5.73. The van der Waals surface area contributed by atoms with Gasteiger partial charge in [0.2, 0.25) is 0 Å². The summed E-state index contributed by atoms with van der Waals surface area (Å²) in [4.78, 5) is 16.5. The highest BCUT2D eigenvalue weighted by Crippen LogP contribution is 2.32. The summed E-state index contributed by atoms with van der Waals surface area (Å²) in [5.41, 5.74) is 5.51. The number of carboxylic acids is 1. The van der Waals surface area contributed by atoms with Gasteiger partial charge in [0.15, 0.2) is 0 Å². The van der Waals surface area contributed by atoms with Crippen molar-refractivity contribution in [3.63, 3.8) is 0 Å². The van der Waals surface area contributed by atoms with Gasteiger partial charge in [-0.2, -0.15) is 0 Å². The Kier molecular flexibility index (Phi) is 5.00. The van der Waals surface area contributed by atoms with E-state index in [0.717, 1.165) is 28.0 Å². The minimum absolute atomic E-state index is 0.263. The molecule has 0 unspecified atom stereocenters. The lowest BCUT2D eigenvalue weighted by molar-refractivity contribution is 0.0699. The number of carbonyl (C=O) groups is 1. The zero-order valence-electron chi connectivity index (χ0n) is 16.3. The molecule has 1 N–H and O–H groups in total.